The monoisotopic (exact) mass is 302 g/mol. The van der Waals surface area contributed by atoms with E-state index in [1.807, 2.05) is 0 Å². The van der Waals surface area contributed by atoms with Crippen LogP contribution in [0.1, 0.15) is 36.5 Å². The number of methoxy groups -OCH3 is 1. The van der Waals surface area contributed by atoms with Crippen molar-refractivity contribution in [1.29, 1.82) is 0 Å². The fourth-order valence-electron chi connectivity index (χ4n) is 3.42. The van der Waals surface area contributed by atoms with E-state index in [0.717, 1.165) is 18.4 Å². The minimum atomic E-state index is -0.749. The van der Waals surface area contributed by atoms with Gasteiger partial charge in [0.1, 0.15) is 5.60 Å². The highest BCUT2D eigenvalue weighted by molar-refractivity contribution is 5.90. The molecule has 2 saturated heterocycles. The molecule has 3 unspecified atom stereocenters. The molecule has 0 spiro atoms. The third kappa shape index (κ3) is 2.46. The predicted molar refractivity (Wildman–Crippen MR) is 82.5 cm³/mol. The van der Waals surface area contributed by atoms with E-state index in [2.05, 4.69) is 37.8 Å². The molecule has 1 aromatic carbocycles. The van der Waals surface area contributed by atoms with Crippen LogP contribution in [0.15, 0.2) is 36.4 Å². The standard InChI is InChI=1S/C18H22O4/c1-12-6-8-14(9-7-12)15-11-18(13(2)17(19)20-3)16(22-15)5-4-10-21-18/h6-9,15-16H,2,4-5,10-11H2,1,3H3. The maximum absolute atomic E-state index is 12.0. The molecule has 0 amide bonds. The fourth-order valence-corrected chi connectivity index (χ4v) is 3.42. The van der Waals surface area contributed by atoms with Crippen LogP contribution in [0.2, 0.25) is 0 Å². The first kappa shape index (κ1) is 15.3. The van der Waals surface area contributed by atoms with Gasteiger partial charge in [0, 0.05) is 13.0 Å². The number of carbonyl (C=O) groups excluding carboxylic acids is 1. The number of carbonyl (C=O) groups is 1. The molecule has 0 aliphatic carbocycles. The predicted octanol–water partition coefficient (Wildman–Crippen LogP) is 3.10. The van der Waals surface area contributed by atoms with Crippen LogP contribution in [0.3, 0.4) is 0 Å². The van der Waals surface area contributed by atoms with Crippen molar-refractivity contribution in [2.45, 2.75) is 44.0 Å². The molecule has 3 rings (SSSR count). The molecule has 2 aliphatic heterocycles. The number of aryl methyl sites for hydroxylation is 1. The number of rotatable bonds is 3. The van der Waals surface area contributed by atoms with Gasteiger partial charge in [-0.2, -0.15) is 0 Å². The molecule has 2 heterocycles. The number of esters is 1. The Bertz CT molecular complexity index is 577. The summed E-state index contributed by atoms with van der Waals surface area (Å²) in [5.41, 5.74) is 1.94. The lowest BCUT2D eigenvalue weighted by molar-refractivity contribution is -0.146. The van der Waals surface area contributed by atoms with Gasteiger partial charge in [-0.15, -0.1) is 0 Å². The van der Waals surface area contributed by atoms with Crippen LogP contribution < -0.4 is 0 Å². The van der Waals surface area contributed by atoms with Crippen LogP contribution in [0.5, 0.6) is 0 Å². The maximum Gasteiger partial charge on any atom is 0.336 e. The first-order valence-electron chi connectivity index (χ1n) is 7.70. The summed E-state index contributed by atoms with van der Waals surface area (Å²) >= 11 is 0. The molecule has 0 radical (unpaired) electrons. The molecule has 2 aliphatic rings. The number of benzene rings is 1. The van der Waals surface area contributed by atoms with Gasteiger partial charge in [-0.25, -0.2) is 4.79 Å². The van der Waals surface area contributed by atoms with Crippen LogP contribution >= 0.6 is 0 Å². The van der Waals surface area contributed by atoms with Crippen LogP contribution in [0.25, 0.3) is 0 Å². The lowest BCUT2D eigenvalue weighted by Crippen LogP contribution is -2.48. The van der Waals surface area contributed by atoms with Gasteiger partial charge in [0.15, 0.2) is 0 Å². The van der Waals surface area contributed by atoms with Gasteiger partial charge in [0.2, 0.25) is 0 Å². The third-order valence-electron chi connectivity index (χ3n) is 4.70. The molecule has 22 heavy (non-hydrogen) atoms. The summed E-state index contributed by atoms with van der Waals surface area (Å²) in [7, 11) is 1.37. The molecule has 4 heteroatoms. The Hall–Kier alpha value is -1.65. The van der Waals surface area contributed by atoms with Gasteiger partial charge in [-0.05, 0) is 25.3 Å². The van der Waals surface area contributed by atoms with Gasteiger partial charge >= 0.3 is 5.97 Å². The minimum Gasteiger partial charge on any atom is -0.466 e. The van der Waals surface area contributed by atoms with Gasteiger partial charge in [-0.1, -0.05) is 36.4 Å². The summed E-state index contributed by atoms with van der Waals surface area (Å²) in [6.45, 7) is 6.63. The van der Waals surface area contributed by atoms with E-state index in [1.165, 1.54) is 12.7 Å². The quantitative estimate of drug-likeness (QED) is 0.636. The molecule has 0 saturated carbocycles. The summed E-state index contributed by atoms with van der Waals surface area (Å²) in [4.78, 5) is 12.0. The van der Waals surface area contributed by atoms with Crippen molar-refractivity contribution in [1.82, 2.24) is 0 Å². The smallest absolute Gasteiger partial charge is 0.336 e. The van der Waals surface area contributed by atoms with Crippen molar-refractivity contribution in [2.24, 2.45) is 0 Å². The highest BCUT2D eigenvalue weighted by atomic mass is 16.6. The average molecular weight is 302 g/mol. The number of fused-ring (bicyclic) bond motifs is 1. The molecule has 1 aromatic rings. The lowest BCUT2D eigenvalue weighted by Gasteiger charge is -2.38. The van der Waals surface area contributed by atoms with Gasteiger partial charge in [-0.3, -0.25) is 0 Å². The van der Waals surface area contributed by atoms with Crippen LogP contribution in [-0.2, 0) is 19.0 Å². The first-order valence-corrected chi connectivity index (χ1v) is 7.70. The van der Waals surface area contributed by atoms with Gasteiger partial charge in [0.25, 0.3) is 0 Å². The second-order valence-corrected chi connectivity index (χ2v) is 6.08. The topological polar surface area (TPSA) is 44.8 Å². The summed E-state index contributed by atoms with van der Waals surface area (Å²) < 4.78 is 17.1. The average Bonchev–Trinajstić information content (AvgIpc) is 2.94. The second kappa shape index (κ2) is 5.86. The summed E-state index contributed by atoms with van der Waals surface area (Å²) in [5.74, 6) is -0.417. The number of hydrogen-bond donors (Lipinski definition) is 0. The molecule has 4 nitrogen and oxygen atoms in total. The molecular formula is C18H22O4. The summed E-state index contributed by atoms with van der Waals surface area (Å²) in [6, 6.07) is 8.30. The van der Waals surface area contributed by atoms with Crippen molar-refractivity contribution in [2.75, 3.05) is 13.7 Å². The minimum absolute atomic E-state index is 0.0786. The van der Waals surface area contributed by atoms with E-state index >= 15 is 0 Å². The van der Waals surface area contributed by atoms with E-state index in [1.54, 1.807) is 0 Å². The Morgan fingerprint density at radius 2 is 2.09 bits per heavy atom. The molecule has 3 atom stereocenters. The van der Waals surface area contributed by atoms with Crippen molar-refractivity contribution in [3.05, 3.63) is 47.5 Å². The van der Waals surface area contributed by atoms with E-state index in [9.17, 15) is 4.79 Å². The van der Waals surface area contributed by atoms with Crippen molar-refractivity contribution < 1.29 is 19.0 Å². The van der Waals surface area contributed by atoms with Crippen molar-refractivity contribution in [3.63, 3.8) is 0 Å². The highest BCUT2D eigenvalue weighted by Crippen LogP contribution is 2.49. The zero-order valence-corrected chi connectivity index (χ0v) is 13.1. The normalized spacial score (nSPS) is 30.6. The van der Waals surface area contributed by atoms with E-state index < -0.39 is 11.6 Å². The van der Waals surface area contributed by atoms with Crippen LogP contribution in [0.4, 0.5) is 0 Å². The maximum atomic E-state index is 12.0. The van der Waals surface area contributed by atoms with Crippen LogP contribution in [0, 0.1) is 6.92 Å². The van der Waals surface area contributed by atoms with Crippen LogP contribution in [-0.4, -0.2) is 31.4 Å². The first-order chi connectivity index (χ1) is 10.6. The van der Waals surface area contributed by atoms with Crippen molar-refractivity contribution >= 4 is 5.97 Å². The molecule has 2 fully saturated rings. The fraction of sp³-hybridized carbons (Fsp3) is 0.500. The van der Waals surface area contributed by atoms with Gasteiger partial charge in [0.05, 0.1) is 24.9 Å². The Labute approximate surface area is 131 Å². The number of ether oxygens (including phenoxy) is 3. The zero-order valence-electron chi connectivity index (χ0n) is 13.1. The molecule has 118 valence electrons. The lowest BCUT2D eigenvalue weighted by atomic mass is 9.81. The SMILES string of the molecule is C=C(C(=O)OC)C12CC(c3ccc(C)cc3)OC1CCCO2. The van der Waals surface area contributed by atoms with E-state index in [-0.39, 0.29) is 12.2 Å². The zero-order chi connectivity index (χ0) is 15.7. The molecule has 0 aromatic heterocycles. The Morgan fingerprint density at radius 3 is 2.77 bits per heavy atom. The Balaban J connectivity index is 1.89. The second-order valence-electron chi connectivity index (χ2n) is 6.08. The molecule has 0 N–H and O–H groups in total. The molecule has 0 bridgehead atoms. The summed E-state index contributed by atoms with van der Waals surface area (Å²) in [5, 5.41) is 0. The summed E-state index contributed by atoms with van der Waals surface area (Å²) in [6.07, 6.45) is 2.19. The van der Waals surface area contributed by atoms with E-state index in [0.29, 0.717) is 18.6 Å². The largest absolute Gasteiger partial charge is 0.466 e. The Kier molecular flexibility index (Phi) is 4.06. The molecular weight excluding hydrogens is 280 g/mol. The highest BCUT2D eigenvalue weighted by Gasteiger charge is 2.55. The Morgan fingerprint density at radius 1 is 1.36 bits per heavy atom. The van der Waals surface area contributed by atoms with E-state index in [4.69, 9.17) is 14.2 Å². The van der Waals surface area contributed by atoms with Gasteiger partial charge < -0.3 is 14.2 Å². The third-order valence-corrected chi connectivity index (χ3v) is 4.70. The number of hydrogen-bond acceptors (Lipinski definition) is 4. The van der Waals surface area contributed by atoms with Crippen molar-refractivity contribution in [3.8, 4) is 0 Å².